The van der Waals surface area contributed by atoms with Gasteiger partial charge in [-0.3, -0.25) is 0 Å². The molecule has 0 saturated heterocycles. The maximum Gasteiger partial charge on any atom is 0.140 e. The largest absolute Gasteiger partial charge is 0.457 e. The minimum absolute atomic E-state index is 0.0696. The van der Waals surface area contributed by atoms with E-state index in [1.807, 2.05) is 72.8 Å². The van der Waals surface area contributed by atoms with E-state index in [4.69, 9.17) is 65.4 Å². The van der Waals surface area contributed by atoms with E-state index in [9.17, 15) is 0 Å². The number of hydrogen-bond donors (Lipinski definition) is 0. The minimum atomic E-state index is -0.0696. The Labute approximate surface area is 522 Å². The molecule has 0 N–H and O–H groups in total. The van der Waals surface area contributed by atoms with Gasteiger partial charge in [-0.15, -0.1) is 0 Å². The van der Waals surface area contributed by atoms with Crippen LogP contribution in [-0.2, 0) is 21.7 Å². The monoisotopic (exact) mass is 1200 g/mol. The van der Waals surface area contributed by atoms with Crippen LogP contribution in [0.2, 0.25) is 20.1 Å². The van der Waals surface area contributed by atoms with Gasteiger partial charge in [0.2, 0.25) is 0 Å². The lowest BCUT2D eigenvalue weighted by Gasteiger charge is -2.33. The third-order valence-corrected chi connectivity index (χ3v) is 17.5. The van der Waals surface area contributed by atoms with Gasteiger partial charge < -0.3 is 18.9 Å². The third kappa shape index (κ3) is 13.7. The zero-order chi connectivity index (χ0) is 61.7. The molecule has 0 heterocycles. The normalized spacial score (nSPS) is 13.4. The summed E-state index contributed by atoms with van der Waals surface area (Å²) in [6.45, 7) is 45.7. The molecule has 9 aromatic carbocycles. The number of halogens is 4. The van der Waals surface area contributed by atoms with Gasteiger partial charge in [-0.1, -0.05) is 233 Å². The van der Waals surface area contributed by atoms with Crippen LogP contribution in [0.4, 0.5) is 0 Å². The van der Waals surface area contributed by atoms with Gasteiger partial charge in [-0.05, 0) is 140 Å². The molecular weight excluding hydrogens is 1120 g/mol. The Morgan fingerprint density at radius 2 is 0.405 bits per heavy atom. The molecule has 0 aromatic heterocycles. The summed E-state index contributed by atoms with van der Waals surface area (Å²) in [5.74, 6) is 4.46. The van der Waals surface area contributed by atoms with Crippen molar-refractivity contribution >= 4 is 89.5 Å². The van der Waals surface area contributed by atoms with Gasteiger partial charge in [-0.25, -0.2) is 0 Å². The van der Waals surface area contributed by atoms with Crippen LogP contribution in [0.25, 0.3) is 43.1 Å². The van der Waals surface area contributed by atoms with E-state index in [-0.39, 0.29) is 43.3 Å². The van der Waals surface area contributed by atoms with Gasteiger partial charge in [0.1, 0.15) is 46.0 Å². The number of fused-ring (bicyclic) bond motifs is 2. The summed E-state index contributed by atoms with van der Waals surface area (Å²) in [5.41, 5.74) is 5.17. The first-order chi connectivity index (χ1) is 38.7. The molecule has 0 aliphatic heterocycles. The fraction of sp³-hybridized carbons (Fsp3) is 0.421. The Morgan fingerprint density at radius 3 is 0.560 bits per heavy atom. The van der Waals surface area contributed by atoms with E-state index in [1.165, 1.54) is 22.3 Å². The van der Waals surface area contributed by atoms with Gasteiger partial charge >= 0.3 is 0 Å². The van der Waals surface area contributed by atoms with Gasteiger partial charge in [0.15, 0.2) is 0 Å². The number of ether oxygens (including phenoxy) is 4. The molecule has 84 heavy (non-hydrogen) atoms. The molecule has 0 unspecified atom stereocenters. The lowest BCUT2D eigenvalue weighted by Crippen LogP contribution is -2.24. The van der Waals surface area contributed by atoms with Crippen molar-refractivity contribution in [2.24, 2.45) is 21.7 Å². The van der Waals surface area contributed by atoms with Crippen LogP contribution in [0, 0.1) is 21.7 Å². The minimum Gasteiger partial charge on any atom is -0.457 e. The predicted octanol–water partition coefficient (Wildman–Crippen LogP) is 26.4. The molecule has 9 aromatic rings. The maximum absolute atomic E-state index is 7.77. The average molecular weight is 1210 g/mol. The number of benzene rings is 9. The van der Waals surface area contributed by atoms with Gasteiger partial charge in [0.25, 0.3) is 0 Å². The summed E-state index contributed by atoms with van der Waals surface area (Å²) in [6, 6.07) is 41.0. The van der Waals surface area contributed by atoms with E-state index in [1.54, 1.807) is 0 Å². The zero-order valence-corrected chi connectivity index (χ0v) is 56.5. The van der Waals surface area contributed by atoms with Crippen LogP contribution >= 0.6 is 46.4 Å². The topological polar surface area (TPSA) is 36.9 Å². The summed E-state index contributed by atoms with van der Waals surface area (Å²) in [6.07, 6.45) is 4.03. The highest BCUT2D eigenvalue weighted by Crippen LogP contribution is 2.58. The van der Waals surface area contributed by atoms with Crippen molar-refractivity contribution in [1.29, 1.82) is 0 Å². The van der Waals surface area contributed by atoms with Crippen LogP contribution in [0.5, 0.6) is 46.0 Å². The van der Waals surface area contributed by atoms with Crippen molar-refractivity contribution in [2.75, 3.05) is 0 Å². The second kappa shape index (κ2) is 22.4. The first-order valence-electron chi connectivity index (χ1n) is 29.8. The van der Waals surface area contributed by atoms with Crippen LogP contribution < -0.4 is 18.9 Å². The molecule has 0 spiro atoms. The molecule has 8 heteroatoms. The molecule has 0 atom stereocenters. The SMILES string of the molecule is CC(C)(C)CC(C)(C)c1ccc(Oc2cc(Cl)c3c4c(Cl)cc(Oc5ccc(C(C)(C)CC(C)(C)C)cc5)c5c(Oc6ccc(C(C)(C)CC(C)(C)C)cc6)cc(Cl)c(c6c(Cl)cc(Oc7ccc(C(C)(C)CC(C)(C)C)cc7)c2c36)c54)cc1. The van der Waals surface area contributed by atoms with Crippen molar-refractivity contribution in [1.82, 2.24) is 0 Å². The van der Waals surface area contributed by atoms with Gasteiger partial charge in [0.05, 0.1) is 30.9 Å². The highest BCUT2D eigenvalue weighted by molar-refractivity contribution is 6.54. The highest BCUT2D eigenvalue weighted by Gasteiger charge is 2.34. The predicted molar refractivity (Wildman–Crippen MR) is 362 cm³/mol. The molecule has 0 saturated carbocycles. The standard InChI is InChI=1S/C76H88Cl4O4/c1-69(2,3)41-73(13,14)45-21-29-49(30-22-45)81-57-37-53(77)61-63-55(79)39-59(83-51-33-25-47(26-34-51)75(17,18)43-71(7,8)9)66-60(84-52-35-27-48(28-36-52)76(19,20)44-72(10,11)12)40-56(80)64(68(63)66)62-54(78)38-58(65(57)67(61)62)82-50-31-23-46(24-32-50)74(15,16)42-70(4,5)6/h21-40H,41-44H2,1-20H3. The molecule has 0 amide bonds. The van der Waals surface area contributed by atoms with Crippen molar-refractivity contribution < 1.29 is 18.9 Å². The number of hydrogen-bond acceptors (Lipinski definition) is 4. The smallest absolute Gasteiger partial charge is 0.140 e. The first kappa shape index (κ1) is 63.2. The fourth-order valence-electron chi connectivity index (χ4n) is 14.4. The second-order valence-electron chi connectivity index (χ2n) is 31.4. The van der Waals surface area contributed by atoms with E-state index in [2.05, 4.69) is 187 Å². The molecule has 0 aliphatic carbocycles. The first-order valence-corrected chi connectivity index (χ1v) is 31.3. The summed E-state index contributed by atoms with van der Waals surface area (Å²) >= 11 is 31.1. The van der Waals surface area contributed by atoms with E-state index in [0.29, 0.717) is 109 Å². The Hall–Kier alpha value is -5.36. The third-order valence-electron chi connectivity index (χ3n) is 16.3. The highest BCUT2D eigenvalue weighted by atomic mass is 35.5. The molecule has 444 valence electrons. The van der Waals surface area contributed by atoms with E-state index < -0.39 is 0 Å². The molecule has 0 fully saturated rings. The fourth-order valence-corrected chi connectivity index (χ4v) is 15.6. The molecule has 0 bridgehead atoms. The van der Waals surface area contributed by atoms with Crippen LogP contribution in [0.15, 0.2) is 121 Å². The summed E-state index contributed by atoms with van der Waals surface area (Å²) in [5, 5.41) is 6.86. The number of rotatable bonds is 16. The molecule has 4 nitrogen and oxygen atoms in total. The van der Waals surface area contributed by atoms with Crippen molar-refractivity contribution in [3.63, 3.8) is 0 Å². The van der Waals surface area contributed by atoms with Gasteiger partial charge in [0, 0.05) is 56.6 Å². The second-order valence-corrected chi connectivity index (χ2v) is 33.0. The van der Waals surface area contributed by atoms with Crippen molar-refractivity contribution in [3.8, 4) is 46.0 Å². The average Bonchev–Trinajstić information content (AvgIpc) is 0.705. The molecule has 0 aliphatic rings. The Balaban J connectivity index is 1.29. The van der Waals surface area contributed by atoms with Crippen molar-refractivity contribution in [2.45, 2.75) is 186 Å². The van der Waals surface area contributed by atoms with Crippen molar-refractivity contribution in [3.05, 3.63) is 164 Å². The summed E-state index contributed by atoms with van der Waals surface area (Å²) in [7, 11) is 0. The molecular formula is C76H88Cl4O4. The van der Waals surface area contributed by atoms with Crippen LogP contribution in [0.1, 0.15) is 186 Å². The van der Waals surface area contributed by atoms with Crippen LogP contribution in [0.3, 0.4) is 0 Å². The van der Waals surface area contributed by atoms with Gasteiger partial charge in [-0.2, -0.15) is 0 Å². The van der Waals surface area contributed by atoms with E-state index >= 15 is 0 Å². The zero-order valence-electron chi connectivity index (χ0n) is 53.5. The Bertz CT molecular complexity index is 3370. The lowest BCUT2D eigenvalue weighted by molar-refractivity contribution is 0.283. The quantitative estimate of drug-likeness (QED) is 0.0714. The van der Waals surface area contributed by atoms with Crippen LogP contribution in [-0.4, -0.2) is 0 Å². The Kier molecular flexibility index (Phi) is 16.9. The van der Waals surface area contributed by atoms with E-state index in [0.717, 1.165) is 25.7 Å². The summed E-state index contributed by atoms with van der Waals surface area (Å²) < 4.78 is 28.1. The maximum atomic E-state index is 7.77. The molecule has 9 rings (SSSR count). The summed E-state index contributed by atoms with van der Waals surface area (Å²) in [4.78, 5) is 0. The molecule has 0 radical (unpaired) electrons. The Morgan fingerprint density at radius 1 is 0.238 bits per heavy atom. The lowest BCUT2D eigenvalue weighted by atomic mass is 9.72.